The minimum Gasteiger partial charge on any atom is -0.466 e. The maximum absolute atomic E-state index is 13.7. The van der Waals surface area contributed by atoms with Gasteiger partial charge in [-0.3, -0.25) is 9.59 Å². The molecule has 1 aromatic carbocycles. The van der Waals surface area contributed by atoms with E-state index in [4.69, 9.17) is 19.9 Å². The monoisotopic (exact) mass is 397 g/mol. The van der Waals surface area contributed by atoms with Crippen LogP contribution < -0.4 is 10.5 Å². The largest absolute Gasteiger partial charge is 0.466 e. The van der Waals surface area contributed by atoms with Crippen molar-refractivity contribution in [3.05, 3.63) is 52.6 Å². The summed E-state index contributed by atoms with van der Waals surface area (Å²) in [5.41, 5.74) is 4.19. The van der Waals surface area contributed by atoms with Crippen LogP contribution in [0.1, 0.15) is 19.4 Å². The van der Waals surface area contributed by atoms with Gasteiger partial charge < -0.3 is 24.8 Å². The summed E-state index contributed by atoms with van der Waals surface area (Å²) in [5.74, 6) is -2.23. The van der Waals surface area contributed by atoms with Crippen LogP contribution in [0.3, 0.4) is 0 Å². The number of hydrogen-bond acceptors (Lipinski definition) is 8. The van der Waals surface area contributed by atoms with E-state index in [9.17, 15) is 19.6 Å². The van der Waals surface area contributed by atoms with Gasteiger partial charge in [0, 0.05) is 11.3 Å². The lowest BCUT2D eigenvalue weighted by molar-refractivity contribution is -0.148. The summed E-state index contributed by atoms with van der Waals surface area (Å²) in [7, 11) is 1.17. The van der Waals surface area contributed by atoms with E-state index in [1.165, 1.54) is 14.0 Å². The van der Waals surface area contributed by atoms with Crippen molar-refractivity contribution in [3.8, 4) is 11.8 Å². The van der Waals surface area contributed by atoms with Gasteiger partial charge in [0.15, 0.2) is 5.41 Å². The number of nitriles is 1. The zero-order chi connectivity index (χ0) is 21.3. The molecule has 2 heterocycles. The third-order valence-electron chi connectivity index (χ3n) is 4.93. The first-order valence-electron chi connectivity index (χ1n) is 8.79. The fraction of sp³-hybridized carbons (Fsp3) is 0.300. The van der Waals surface area contributed by atoms with E-state index < -0.39 is 29.8 Å². The summed E-state index contributed by atoms with van der Waals surface area (Å²) >= 11 is 0. The van der Waals surface area contributed by atoms with Crippen molar-refractivity contribution in [3.63, 3.8) is 0 Å². The van der Waals surface area contributed by atoms with Crippen LogP contribution in [0.15, 0.2) is 47.0 Å². The van der Waals surface area contributed by atoms with Crippen molar-refractivity contribution >= 4 is 17.8 Å². The minimum absolute atomic E-state index is 0.0930. The van der Waals surface area contributed by atoms with Gasteiger partial charge in [0.1, 0.15) is 23.9 Å². The highest BCUT2D eigenvalue weighted by Crippen LogP contribution is 2.53. The highest BCUT2D eigenvalue weighted by Gasteiger charge is 2.62. The van der Waals surface area contributed by atoms with E-state index in [0.29, 0.717) is 0 Å². The number of methoxy groups -OCH3 is 1. The number of nitrogens with two attached hydrogens (primary N) is 1. The number of carbonyl (C=O) groups excluding carboxylic acids is 3. The van der Waals surface area contributed by atoms with Crippen molar-refractivity contribution < 1.29 is 28.6 Å². The van der Waals surface area contributed by atoms with E-state index in [1.807, 2.05) is 6.07 Å². The predicted molar refractivity (Wildman–Crippen MR) is 98.6 cm³/mol. The van der Waals surface area contributed by atoms with Crippen LogP contribution in [0, 0.1) is 11.3 Å². The van der Waals surface area contributed by atoms with Crippen LogP contribution in [0.25, 0.3) is 0 Å². The number of carbonyl (C=O) groups is 3. The van der Waals surface area contributed by atoms with Gasteiger partial charge in [0.25, 0.3) is 0 Å². The quantitative estimate of drug-likeness (QED) is 0.740. The summed E-state index contributed by atoms with van der Waals surface area (Å²) in [4.78, 5) is 39.7. The lowest BCUT2D eigenvalue weighted by Crippen LogP contribution is -2.47. The van der Waals surface area contributed by atoms with Gasteiger partial charge >= 0.3 is 11.9 Å². The summed E-state index contributed by atoms with van der Waals surface area (Å²) in [6.07, 6.45) is 0. The van der Waals surface area contributed by atoms with E-state index in [-0.39, 0.29) is 40.6 Å². The molecule has 1 atom stereocenters. The molecule has 1 spiro atoms. The molecule has 0 saturated heterocycles. The van der Waals surface area contributed by atoms with Gasteiger partial charge in [-0.05, 0) is 19.9 Å². The molecule has 9 nitrogen and oxygen atoms in total. The minimum atomic E-state index is -1.88. The maximum Gasteiger partial charge on any atom is 0.337 e. The van der Waals surface area contributed by atoms with Crippen molar-refractivity contribution in [2.45, 2.75) is 19.3 Å². The highest BCUT2D eigenvalue weighted by atomic mass is 16.5. The first-order valence-corrected chi connectivity index (χ1v) is 8.79. The first kappa shape index (κ1) is 19.9. The predicted octanol–water partition coefficient (Wildman–Crippen LogP) is 0.863. The Kier molecular flexibility index (Phi) is 5.03. The number of amides is 1. The van der Waals surface area contributed by atoms with E-state index in [2.05, 4.69) is 0 Å². The molecule has 0 unspecified atom stereocenters. The number of ether oxygens (including phenoxy) is 3. The van der Waals surface area contributed by atoms with E-state index in [1.54, 1.807) is 31.2 Å². The van der Waals surface area contributed by atoms with Crippen LogP contribution in [0.2, 0.25) is 0 Å². The average Bonchev–Trinajstić information content (AvgIpc) is 2.90. The van der Waals surface area contributed by atoms with Gasteiger partial charge in [-0.2, -0.15) is 5.26 Å². The Hall–Kier alpha value is -3.80. The summed E-state index contributed by atoms with van der Waals surface area (Å²) in [6, 6.07) is 8.37. The molecule has 0 saturated carbocycles. The Balaban J connectivity index is 2.34. The normalized spacial score (nSPS) is 20.3. The molecule has 150 valence electrons. The third-order valence-corrected chi connectivity index (χ3v) is 4.93. The number of allylic oxidation sites excluding steroid dienone is 1. The molecule has 2 N–H and O–H groups in total. The Morgan fingerprint density at radius 2 is 2.03 bits per heavy atom. The second-order valence-electron chi connectivity index (χ2n) is 6.35. The summed E-state index contributed by atoms with van der Waals surface area (Å²) in [5, 5.41) is 9.84. The Bertz CT molecular complexity index is 1020. The zero-order valence-corrected chi connectivity index (χ0v) is 16.1. The molecular formula is C20H19N3O6. The summed E-state index contributed by atoms with van der Waals surface area (Å²) in [6.45, 7) is 2.84. The molecule has 3 rings (SSSR count). The SMILES string of the molecule is CCOC(=O)CN1C(=O)[C@@]2(C(C#N)=C(N)Oc3ccccc32)C(C(=O)OC)=C1C. The first-order chi connectivity index (χ1) is 13.8. The molecule has 0 radical (unpaired) electrons. The van der Waals surface area contributed by atoms with Gasteiger partial charge in [-0.1, -0.05) is 18.2 Å². The van der Waals surface area contributed by atoms with Crippen LogP contribution in [-0.2, 0) is 29.3 Å². The molecule has 9 heteroatoms. The number of esters is 2. The summed E-state index contributed by atoms with van der Waals surface area (Å²) < 4.78 is 15.4. The van der Waals surface area contributed by atoms with Gasteiger partial charge in [0.2, 0.25) is 11.8 Å². The topological polar surface area (TPSA) is 132 Å². The van der Waals surface area contributed by atoms with Crippen molar-refractivity contribution in [1.29, 1.82) is 5.26 Å². The smallest absolute Gasteiger partial charge is 0.337 e. The second kappa shape index (κ2) is 7.31. The van der Waals surface area contributed by atoms with Crippen LogP contribution in [-0.4, -0.2) is 43.0 Å². The highest BCUT2D eigenvalue weighted by molar-refractivity contribution is 6.13. The Morgan fingerprint density at radius 1 is 1.34 bits per heavy atom. The molecule has 2 aliphatic rings. The zero-order valence-electron chi connectivity index (χ0n) is 16.1. The molecule has 1 aromatic rings. The van der Waals surface area contributed by atoms with Crippen molar-refractivity contribution in [2.24, 2.45) is 5.73 Å². The van der Waals surface area contributed by atoms with Crippen LogP contribution in [0.5, 0.6) is 5.75 Å². The lowest BCUT2D eigenvalue weighted by atomic mass is 9.68. The third kappa shape index (κ3) is 2.72. The molecule has 1 amide bonds. The number of rotatable bonds is 4. The number of fused-ring (bicyclic) bond motifs is 2. The van der Waals surface area contributed by atoms with Crippen LogP contribution in [0.4, 0.5) is 0 Å². The van der Waals surface area contributed by atoms with Gasteiger partial charge in [0.05, 0.1) is 19.3 Å². The van der Waals surface area contributed by atoms with Gasteiger partial charge in [-0.15, -0.1) is 0 Å². The number of hydrogen-bond donors (Lipinski definition) is 1. The number of benzene rings is 1. The lowest BCUT2D eigenvalue weighted by Gasteiger charge is -2.35. The Labute approximate surface area is 166 Å². The molecule has 29 heavy (non-hydrogen) atoms. The van der Waals surface area contributed by atoms with Crippen molar-refractivity contribution in [1.82, 2.24) is 4.90 Å². The molecule has 0 aromatic heterocycles. The molecule has 2 aliphatic heterocycles. The van der Waals surface area contributed by atoms with E-state index >= 15 is 0 Å². The standard InChI is InChI=1S/C20H19N3O6/c1-4-28-15(24)10-23-11(2)16(18(25)27-3)20(19(23)26)12-7-5-6-8-14(12)29-17(22)13(20)9-21/h5-8H,4,10,22H2,1-3H3/t20-/m0/s1. The number of nitrogens with zero attached hydrogens (tertiary/aromatic N) is 2. The maximum atomic E-state index is 13.7. The van der Waals surface area contributed by atoms with E-state index in [0.717, 1.165) is 4.90 Å². The van der Waals surface area contributed by atoms with Gasteiger partial charge in [-0.25, -0.2) is 4.79 Å². The molecular weight excluding hydrogens is 378 g/mol. The second-order valence-corrected chi connectivity index (χ2v) is 6.35. The molecule has 0 bridgehead atoms. The molecule has 0 fully saturated rings. The van der Waals surface area contributed by atoms with Crippen LogP contribution >= 0.6 is 0 Å². The molecule has 0 aliphatic carbocycles. The fourth-order valence-corrected chi connectivity index (χ4v) is 3.77. The fourth-order valence-electron chi connectivity index (χ4n) is 3.77. The average molecular weight is 397 g/mol. The van der Waals surface area contributed by atoms with Crippen molar-refractivity contribution in [2.75, 3.05) is 20.3 Å². The Morgan fingerprint density at radius 3 is 2.66 bits per heavy atom. The number of para-hydroxylation sites is 1.